The number of nitrogens with zero attached hydrogens (tertiary/aromatic N) is 3. The molecule has 4 rings (SSSR count). The second-order valence-electron chi connectivity index (χ2n) is 6.41. The molecule has 0 unspecified atom stereocenters. The lowest BCUT2D eigenvalue weighted by Gasteiger charge is -2.24. The summed E-state index contributed by atoms with van der Waals surface area (Å²) in [6, 6.07) is 12.8. The van der Waals surface area contributed by atoms with Crippen LogP contribution in [0.3, 0.4) is 0 Å². The molecule has 130 valence electrons. The van der Waals surface area contributed by atoms with Crippen molar-refractivity contribution in [2.75, 3.05) is 12.4 Å². The highest BCUT2D eigenvalue weighted by molar-refractivity contribution is 6.03. The van der Waals surface area contributed by atoms with Crippen molar-refractivity contribution in [2.24, 2.45) is 5.92 Å². The van der Waals surface area contributed by atoms with Crippen LogP contribution in [0.1, 0.15) is 18.0 Å². The van der Waals surface area contributed by atoms with Gasteiger partial charge >= 0.3 is 0 Å². The number of amides is 2. The Bertz CT molecular complexity index is 968. The Morgan fingerprint density at radius 2 is 2.00 bits per heavy atom. The van der Waals surface area contributed by atoms with Crippen LogP contribution >= 0.6 is 0 Å². The van der Waals surface area contributed by atoms with Gasteiger partial charge in [0.15, 0.2) is 0 Å². The predicted molar refractivity (Wildman–Crippen MR) is 98.2 cm³/mol. The van der Waals surface area contributed by atoms with E-state index in [4.69, 9.17) is 0 Å². The van der Waals surface area contributed by atoms with Gasteiger partial charge in [0, 0.05) is 37.4 Å². The van der Waals surface area contributed by atoms with Crippen LogP contribution in [0.25, 0.3) is 10.9 Å². The number of nitrogens with one attached hydrogen (secondary N) is 1. The van der Waals surface area contributed by atoms with E-state index in [9.17, 15) is 9.59 Å². The highest BCUT2D eigenvalue weighted by Crippen LogP contribution is 2.37. The third-order valence-corrected chi connectivity index (χ3v) is 4.85. The number of pyridine rings is 2. The second kappa shape index (κ2) is 6.55. The van der Waals surface area contributed by atoms with Crippen LogP contribution in [-0.2, 0) is 9.59 Å². The Morgan fingerprint density at radius 3 is 2.81 bits per heavy atom. The molecule has 1 saturated heterocycles. The predicted octanol–water partition coefficient (Wildman–Crippen LogP) is 2.79. The first-order chi connectivity index (χ1) is 12.6. The fourth-order valence-corrected chi connectivity index (χ4v) is 3.55. The molecule has 2 aromatic heterocycles. The molecule has 2 atom stereocenters. The Hall–Kier alpha value is -3.28. The van der Waals surface area contributed by atoms with E-state index in [-0.39, 0.29) is 24.3 Å². The van der Waals surface area contributed by atoms with Gasteiger partial charge in [-0.25, -0.2) is 0 Å². The zero-order chi connectivity index (χ0) is 18.1. The van der Waals surface area contributed by atoms with E-state index >= 15 is 0 Å². The number of hydrogen-bond acceptors (Lipinski definition) is 4. The molecular formula is C20H18N4O2. The third kappa shape index (κ3) is 2.79. The molecule has 26 heavy (non-hydrogen) atoms. The van der Waals surface area contributed by atoms with Crippen molar-refractivity contribution >= 4 is 28.4 Å². The number of likely N-dealkylation sites (tertiary alicyclic amines) is 1. The molecule has 1 N–H and O–H groups in total. The van der Waals surface area contributed by atoms with Crippen LogP contribution in [0.2, 0.25) is 0 Å². The summed E-state index contributed by atoms with van der Waals surface area (Å²) in [7, 11) is 1.73. The maximum absolute atomic E-state index is 13.0. The van der Waals surface area contributed by atoms with Gasteiger partial charge in [0.05, 0.1) is 23.2 Å². The smallest absolute Gasteiger partial charge is 0.230 e. The van der Waals surface area contributed by atoms with Gasteiger partial charge in [0.1, 0.15) is 0 Å². The van der Waals surface area contributed by atoms with Crippen LogP contribution in [0.5, 0.6) is 0 Å². The van der Waals surface area contributed by atoms with Crippen molar-refractivity contribution in [3.8, 4) is 0 Å². The van der Waals surface area contributed by atoms with Crippen LogP contribution in [0.15, 0.2) is 61.1 Å². The molecule has 6 nitrogen and oxygen atoms in total. The average Bonchev–Trinajstić information content (AvgIpc) is 2.98. The molecule has 3 heterocycles. The molecule has 0 bridgehead atoms. The van der Waals surface area contributed by atoms with Crippen LogP contribution in [0, 0.1) is 5.92 Å². The number of benzene rings is 1. The fraction of sp³-hybridized carbons (Fsp3) is 0.200. The van der Waals surface area contributed by atoms with Crippen LogP contribution in [-0.4, -0.2) is 33.7 Å². The maximum atomic E-state index is 13.0. The molecule has 1 aliphatic rings. The van der Waals surface area contributed by atoms with Crippen molar-refractivity contribution < 1.29 is 9.59 Å². The van der Waals surface area contributed by atoms with E-state index in [1.165, 1.54) is 0 Å². The molecule has 0 spiro atoms. The standard InChI is InChI=1S/C20H18N4O2/c1-24-18(25)11-15(19(24)13-5-3-9-21-12-13)20(26)23-17-8-2-7-16-14(17)6-4-10-22-16/h2-10,12,15,19H,11H2,1H3,(H,23,26)/t15-,19+/m1/s1. The topological polar surface area (TPSA) is 75.2 Å². The quantitative estimate of drug-likeness (QED) is 0.791. The minimum Gasteiger partial charge on any atom is -0.338 e. The Labute approximate surface area is 150 Å². The summed E-state index contributed by atoms with van der Waals surface area (Å²) in [5.74, 6) is -0.685. The summed E-state index contributed by atoms with van der Waals surface area (Å²) < 4.78 is 0. The molecular weight excluding hydrogens is 328 g/mol. The summed E-state index contributed by atoms with van der Waals surface area (Å²) in [5, 5.41) is 3.86. The lowest BCUT2D eigenvalue weighted by molar-refractivity contribution is -0.127. The Balaban J connectivity index is 1.65. The number of aromatic nitrogens is 2. The molecule has 6 heteroatoms. The summed E-state index contributed by atoms with van der Waals surface area (Å²) in [5.41, 5.74) is 2.38. The molecule has 1 aromatic carbocycles. The average molecular weight is 346 g/mol. The SMILES string of the molecule is CN1C(=O)C[C@@H](C(=O)Nc2cccc3ncccc23)[C@@H]1c1cccnc1. The molecule has 0 aliphatic carbocycles. The van der Waals surface area contributed by atoms with Crippen molar-refractivity contribution in [3.05, 3.63) is 66.6 Å². The highest BCUT2D eigenvalue weighted by atomic mass is 16.2. The van der Waals surface area contributed by atoms with Gasteiger partial charge < -0.3 is 10.2 Å². The van der Waals surface area contributed by atoms with Crippen LogP contribution < -0.4 is 5.32 Å². The Morgan fingerprint density at radius 1 is 1.15 bits per heavy atom. The lowest BCUT2D eigenvalue weighted by Crippen LogP contribution is -2.30. The van der Waals surface area contributed by atoms with Gasteiger partial charge in [-0.2, -0.15) is 0 Å². The normalized spacial score (nSPS) is 19.7. The van der Waals surface area contributed by atoms with E-state index in [0.717, 1.165) is 16.5 Å². The summed E-state index contributed by atoms with van der Waals surface area (Å²) in [6.07, 6.45) is 5.29. The van der Waals surface area contributed by atoms with E-state index in [1.54, 1.807) is 30.5 Å². The number of anilines is 1. The Kier molecular flexibility index (Phi) is 4.08. The van der Waals surface area contributed by atoms with Crippen LogP contribution in [0.4, 0.5) is 5.69 Å². The van der Waals surface area contributed by atoms with Gasteiger partial charge in [-0.15, -0.1) is 0 Å². The first-order valence-corrected chi connectivity index (χ1v) is 8.45. The molecule has 1 aliphatic heterocycles. The van der Waals surface area contributed by atoms with E-state index < -0.39 is 5.92 Å². The summed E-state index contributed by atoms with van der Waals surface area (Å²) in [4.78, 5) is 35.3. The van der Waals surface area contributed by atoms with E-state index in [2.05, 4.69) is 15.3 Å². The second-order valence-corrected chi connectivity index (χ2v) is 6.41. The number of carbonyl (C=O) groups excluding carboxylic acids is 2. The zero-order valence-electron chi connectivity index (χ0n) is 14.3. The highest BCUT2D eigenvalue weighted by Gasteiger charge is 2.42. The minimum absolute atomic E-state index is 0.0430. The lowest BCUT2D eigenvalue weighted by atomic mass is 9.93. The van der Waals surface area contributed by atoms with Gasteiger partial charge in [-0.05, 0) is 35.9 Å². The van der Waals surface area contributed by atoms with Crippen molar-refractivity contribution in [1.29, 1.82) is 0 Å². The largest absolute Gasteiger partial charge is 0.338 e. The van der Waals surface area contributed by atoms with Crippen molar-refractivity contribution in [1.82, 2.24) is 14.9 Å². The molecule has 0 radical (unpaired) electrons. The first-order valence-electron chi connectivity index (χ1n) is 8.45. The minimum atomic E-state index is -0.469. The van der Waals surface area contributed by atoms with Gasteiger partial charge in [-0.3, -0.25) is 19.6 Å². The zero-order valence-corrected chi connectivity index (χ0v) is 14.3. The molecule has 2 amide bonds. The van der Waals surface area contributed by atoms with Gasteiger partial charge in [0.25, 0.3) is 0 Å². The number of fused-ring (bicyclic) bond motifs is 1. The number of hydrogen-bond donors (Lipinski definition) is 1. The number of carbonyl (C=O) groups is 2. The summed E-state index contributed by atoms with van der Waals surface area (Å²) >= 11 is 0. The van der Waals surface area contributed by atoms with E-state index in [1.807, 2.05) is 42.5 Å². The van der Waals surface area contributed by atoms with Crippen molar-refractivity contribution in [3.63, 3.8) is 0 Å². The van der Waals surface area contributed by atoms with Crippen molar-refractivity contribution in [2.45, 2.75) is 12.5 Å². The molecule has 3 aromatic rings. The van der Waals surface area contributed by atoms with Gasteiger partial charge in [0.2, 0.25) is 11.8 Å². The monoisotopic (exact) mass is 346 g/mol. The maximum Gasteiger partial charge on any atom is 0.230 e. The fourth-order valence-electron chi connectivity index (χ4n) is 3.55. The van der Waals surface area contributed by atoms with Gasteiger partial charge in [-0.1, -0.05) is 12.1 Å². The summed E-state index contributed by atoms with van der Waals surface area (Å²) in [6.45, 7) is 0. The third-order valence-electron chi connectivity index (χ3n) is 4.85. The molecule has 0 saturated carbocycles. The number of rotatable bonds is 3. The first kappa shape index (κ1) is 16.2. The van der Waals surface area contributed by atoms with E-state index in [0.29, 0.717) is 5.69 Å². The molecule has 1 fully saturated rings.